The van der Waals surface area contributed by atoms with Crippen molar-refractivity contribution in [3.8, 4) is 0 Å². The summed E-state index contributed by atoms with van der Waals surface area (Å²) in [5.74, 6) is -0.0734. The molecule has 0 saturated heterocycles. The topological polar surface area (TPSA) is 29.1 Å². The van der Waals surface area contributed by atoms with Gasteiger partial charge >= 0.3 is 0 Å². The lowest BCUT2D eigenvalue weighted by molar-refractivity contribution is -0.117. The van der Waals surface area contributed by atoms with Crippen molar-refractivity contribution in [1.29, 1.82) is 0 Å². The Kier molecular flexibility index (Phi) is 5.38. The fraction of sp³-hybridized carbons (Fsp3) is 0.286. The highest BCUT2D eigenvalue weighted by Crippen LogP contribution is 2.21. The van der Waals surface area contributed by atoms with E-state index in [-0.39, 0.29) is 11.9 Å². The Morgan fingerprint density at radius 3 is 2.22 bits per heavy atom. The number of rotatable bonds is 4. The third-order valence-electron chi connectivity index (χ3n) is 4.21. The third kappa shape index (κ3) is 4.56. The molecule has 0 aliphatic rings. The summed E-state index contributed by atoms with van der Waals surface area (Å²) in [6, 6.07) is 12.4. The van der Waals surface area contributed by atoms with Gasteiger partial charge in [-0.2, -0.15) is 0 Å². The number of hydrogen-bond acceptors (Lipinski definition) is 1. The van der Waals surface area contributed by atoms with Gasteiger partial charge in [0.15, 0.2) is 0 Å². The van der Waals surface area contributed by atoms with Crippen molar-refractivity contribution in [3.05, 3.63) is 75.9 Å². The van der Waals surface area contributed by atoms with Gasteiger partial charge in [-0.3, -0.25) is 4.79 Å². The zero-order chi connectivity index (χ0) is 17.0. The first-order valence-corrected chi connectivity index (χ1v) is 8.00. The van der Waals surface area contributed by atoms with Crippen LogP contribution >= 0.6 is 0 Å². The van der Waals surface area contributed by atoms with E-state index in [1.54, 1.807) is 6.08 Å². The number of carbonyl (C=O) groups excluding carboxylic acids is 1. The zero-order valence-electron chi connectivity index (χ0n) is 14.6. The van der Waals surface area contributed by atoms with Crippen molar-refractivity contribution in [3.63, 3.8) is 0 Å². The monoisotopic (exact) mass is 307 g/mol. The van der Waals surface area contributed by atoms with Crippen molar-refractivity contribution >= 4 is 12.0 Å². The summed E-state index contributed by atoms with van der Waals surface area (Å²) in [6.45, 7) is 10.4. The normalized spacial score (nSPS) is 12.4. The zero-order valence-corrected chi connectivity index (χ0v) is 14.6. The molecule has 2 rings (SSSR count). The van der Waals surface area contributed by atoms with Gasteiger partial charge in [-0.1, -0.05) is 42.0 Å². The van der Waals surface area contributed by atoms with Crippen LogP contribution in [0.2, 0.25) is 0 Å². The van der Waals surface area contributed by atoms with Crippen LogP contribution < -0.4 is 5.32 Å². The second-order valence-corrected chi connectivity index (χ2v) is 6.27. The van der Waals surface area contributed by atoms with E-state index in [2.05, 4.69) is 38.2 Å². The molecule has 0 fully saturated rings. The number of nitrogens with one attached hydrogen (secondary N) is 1. The quantitative estimate of drug-likeness (QED) is 0.807. The van der Waals surface area contributed by atoms with Crippen LogP contribution in [-0.4, -0.2) is 5.91 Å². The molecule has 2 heteroatoms. The molecule has 23 heavy (non-hydrogen) atoms. The summed E-state index contributed by atoms with van der Waals surface area (Å²) in [6.07, 6.45) is 3.44. The molecule has 0 radical (unpaired) electrons. The van der Waals surface area contributed by atoms with Gasteiger partial charge in [0.05, 0.1) is 6.04 Å². The molecule has 2 nitrogen and oxygen atoms in total. The SMILES string of the molecule is Cc1ccc(/C=C/C(=O)N[C@H](C)c2cc(C)c(C)cc2C)cc1. The Bertz CT molecular complexity index is 726. The van der Waals surface area contributed by atoms with Crippen LogP contribution in [0.4, 0.5) is 0 Å². The molecular formula is C21H25NO. The second kappa shape index (κ2) is 7.28. The maximum atomic E-state index is 12.1. The van der Waals surface area contributed by atoms with Crippen LogP contribution in [0, 0.1) is 27.7 Å². The summed E-state index contributed by atoms with van der Waals surface area (Å²) in [5, 5.41) is 3.04. The van der Waals surface area contributed by atoms with Gasteiger partial charge in [0.1, 0.15) is 0 Å². The van der Waals surface area contributed by atoms with Crippen LogP contribution in [0.3, 0.4) is 0 Å². The van der Waals surface area contributed by atoms with Gasteiger partial charge in [-0.05, 0) is 68.5 Å². The molecular weight excluding hydrogens is 282 g/mol. The Morgan fingerprint density at radius 2 is 1.57 bits per heavy atom. The van der Waals surface area contributed by atoms with Crippen molar-refractivity contribution in [2.45, 2.75) is 40.7 Å². The molecule has 1 amide bonds. The first kappa shape index (κ1) is 17.0. The molecule has 0 bridgehead atoms. The predicted octanol–water partition coefficient (Wildman–Crippen LogP) is 4.81. The average molecular weight is 307 g/mol. The van der Waals surface area contributed by atoms with E-state index in [0.717, 1.165) is 5.56 Å². The second-order valence-electron chi connectivity index (χ2n) is 6.27. The van der Waals surface area contributed by atoms with E-state index in [1.807, 2.05) is 44.2 Å². The summed E-state index contributed by atoms with van der Waals surface area (Å²) in [4.78, 5) is 12.1. The summed E-state index contributed by atoms with van der Waals surface area (Å²) in [7, 11) is 0. The molecule has 0 saturated carbocycles. The Balaban J connectivity index is 2.05. The smallest absolute Gasteiger partial charge is 0.244 e. The van der Waals surface area contributed by atoms with Gasteiger partial charge in [0, 0.05) is 6.08 Å². The first-order chi connectivity index (χ1) is 10.9. The summed E-state index contributed by atoms with van der Waals surface area (Å²) < 4.78 is 0. The maximum Gasteiger partial charge on any atom is 0.244 e. The Morgan fingerprint density at radius 1 is 0.957 bits per heavy atom. The largest absolute Gasteiger partial charge is 0.346 e. The number of aryl methyl sites for hydroxylation is 4. The molecule has 2 aromatic carbocycles. The molecule has 120 valence electrons. The van der Waals surface area contributed by atoms with Crippen LogP contribution in [0.1, 0.15) is 46.3 Å². The van der Waals surface area contributed by atoms with Gasteiger partial charge in [-0.15, -0.1) is 0 Å². The lowest BCUT2D eigenvalue weighted by atomic mass is 9.96. The fourth-order valence-electron chi connectivity index (χ4n) is 2.64. The standard InChI is InChI=1S/C21H25NO/c1-14-6-8-19(9-7-14)10-11-21(23)22-18(5)20-13-16(3)15(2)12-17(20)4/h6-13,18H,1-5H3,(H,22,23)/b11-10+/t18-/m1/s1. The molecule has 0 heterocycles. The number of hydrogen-bond donors (Lipinski definition) is 1. The summed E-state index contributed by atoms with van der Waals surface area (Å²) in [5.41, 5.74) is 7.16. The van der Waals surface area contributed by atoms with E-state index in [4.69, 9.17) is 0 Å². The highest BCUT2D eigenvalue weighted by molar-refractivity contribution is 5.92. The van der Waals surface area contributed by atoms with E-state index >= 15 is 0 Å². The minimum absolute atomic E-state index is 0.00975. The lowest BCUT2D eigenvalue weighted by Crippen LogP contribution is -2.25. The van der Waals surface area contributed by atoms with E-state index < -0.39 is 0 Å². The third-order valence-corrected chi connectivity index (χ3v) is 4.21. The fourth-order valence-corrected chi connectivity index (χ4v) is 2.64. The van der Waals surface area contributed by atoms with Crippen LogP contribution in [0.15, 0.2) is 42.5 Å². The van der Waals surface area contributed by atoms with Crippen molar-refractivity contribution in [2.24, 2.45) is 0 Å². The molecule has 2 aromatic rings. The maximum absolute atomic E-state index is 12.1. The Hall–Kier alpha value is -2.35. The molecule has 1 atom stereocenters. The van der Waals surface area contributed by atoms with Gasteiger partial charge in [-0.25, -0.2) is 0 Å². The first-order valence-electron chi connectivity index (χ1n) is 8.00. The van der Waals surface area contributed by atoms with E-state index in [9.17, 15) is 4.79 Å². The minimum atomic E-state index is -0.0734. The minimum Gasteiger partial charge on any atom is -0.346 e. The highest BCUT2D eigenvalue weighted by Gasteiger charge is 2.11. The van der Waals surface area contributed by atoms with Gasteiger partial charge in [0.2, 0.25) is 5.91 Å². The van der Waals surface area contributed by atoms with Crippen molar-refractivity contribution < 1.29 is 4.79 Å². The molecule has 0 aliphatic heterocycles. The van der Waals surface area contributed by atoms with Gasteiger partial charge in [0.25, 0.3) is 0 Å². The van der Waals surface area contributed by atoms with Gasteiger partial charge < -0.3 is 5.32 Å². The molecule has 0 aliphatic carbocycles. The van der Waals surface area contributed by atoms with Crippen LogP contribution in [0.5, 0.6) is 0 Å². The van der Waals surface area contributed by atoms with E-state index in [1.165, 1.54) is 27.8 Å². The van der Waals surface area contributed by atoms with Crippen molar-refractivity contribution in [2.75, 3.05) is 0 Å². The Labute approximate surface area is 139 Å². The number of amides is 1. The lowest BCUT2D eigenvalue weighted by Gasteiger charge is -2.17. The molecule has 1 N–H and O–H groups in total. The van der Waals surface area contributed by atoms with Crippen LogP contribution in [-0.2, 0) is 4.79 Å². The number of carbonyl (C=O) groups is 1. The number of benzene rings is 2. The van der Waals surface area contributed by atoms with E-state index in [0.29, 0.717) is 0 Å². The van der Waals surface area contributed by atoms with Crippen molar-refractivity contribution in [1.82, 2.24) is 5.32 Å². The molecule has 0 spiro atoms. The van der Waals surface area contributed by atoms with Crippen LogP contribution in [0.25, 0.3) is 6.08 Å². The highest BCUT2D eigenvalue weighted by atomic mass is 16.1. The molecule has 0 aromatic heterocycles. The predicted molar refractivity (Wildman–Crippen MR) is 97.4 cm³/mol. The average Bonchev–Trinajstić information content (AvgIpc) is 2.50. The molecule has 0 unspecified atom stereocenters. The summed E-state index contributed by atoms with van der Waals surface area (Å²) >= 11 is 0.